The first-order valence-electron chi connectivity index (χ1n) is 8.13. The van der Waals surface area contributed by atoms with Gasteiger partial charge >= 0.3 is 0 Å². The molecule has 6 nitrogen and oxygen atoms in total. The predicted octanol–water partition coefficient (Wildman–Crippen LogP) is 3.08. The van der Waals surface area contributed by atoms with E-state index in [9.17, 15) is 4.79 Å². The Labute approximate surface area is 156 Å². The lowest BCUT2D eigenvalue weighted by atomic mass is 9.79. The largest absolute Gasteiger partial charge is 0.335 e. The highest BCUT2D eigenvalue weighted by molar-refractivity contribution is 6.37. The number of nitrogens with two attached hydrogens (primary N) is 1. The minimum atomic E-state index is -0.204. The van der Waals surface area contributed by atoms with E-state index in [1.165, 1.54) is 4.68 Å². The van der Waals surface area contributed by atoms with Crippen LogP contribution < -0.4 is 5.73 Å². The van der Waals surface area contributed by atoms with Crippen LogP contribution >= 0.6 is 23.2 Å². The van der Waals surface area contributed by atoms with Gasteiger partial charge in [0.1, 0.15) is 11.5 Å². The molecule has 1 atom stereocenters. The number of hydrogen-bond acceptors (Lipinski definition) is 4. The third-order valence-electron chi connectivity index (χ3n) is 4.71. The number of carbonyl (C=O) groups is 1. The Balaban J connectivity index is 1.92. The molecule has 25 heavy (non-hydrogen) atoms. The van der Waals surface area contributed by atoms with Crippen molar-refractivity contribution in [3.63, 3.8) is 0 Å². The number of halogens is 2. The number of hydrogen-bond donors (Lipinski definition) is 1. The zero-order valence-corrected chi connectivity index (χ0v) is 16.0. The minimum Gasteiger partial charge on any atom is -0.335 e. The van der Waals surface area contributed by atoms with Crippen molar-refractivity contribution in [2.45, 2.75) is 33.2 Å². The highest BCUT2D eigenvalue weighted by atomic mass is 35.5. The van der Waals surface area contributed by atoms with Crippen LogP contribution in [0.5, 0.6) is 0 Å². The van der Waals surface area contributed by atoms with Crippen LogP contribution in [-0.2, 0) is 0 Å². The molecule has 2 N–H and O–H groups in total. The molecule has 2 aromatic rings. The molecule has 0 aliphatic carbocycles. The van der Waals surface area contributed by atoms with Gasteiger partial charge in [0.25, 0.3) is 5.91 Å². The van der Waals surface area contributed by atoms with Crippen LogP contribution in [0.2, 0.25) is 10.0 Å². The first-order valence-corrected chi connectivity index (χ1v) is 8.89. The van der Waals surface area contributed by atoms with Crippen LogP contribution in [0.1, 0.15) is 36.7 Å². The summed E-state index contributed by atoms with van der Waals surface area (Å²) in [5, 5.41) is 5.26. The van der Waals surface area contributed by atoms with Crippen molar-refractivity contribution in [3.05, 3.63) is 39.9 Å². The van der Waals surface area contributed by atoms with Crippen molar-refractivity contribution >= 4 is 29.1 Å². The number of carbonyl (C=O) groups excluding carboxylic acids is 1. The molecular formula is C17H21Cl2N5O. The summed E-state index contributed by atoms with van der Waals surface area (Å²) in [5.41, 5.74) is 6.53. The van der Waals surface area contributed by atoms with Crippen LogP contribution in [0.25, 0.3) is 5.69 Å². The molecule has 1 unspecified atom stereocenters. The van der Waals surface area contributed by atoms with Crippen molar-refractivity contribution in [1.29, 1.82) is 0 Å². The molecule has 1 fully saturated rings. The monoisotopic (exact) mass is 381 g/mol. The van der Waals surface area contributed by atoms with Crippen LogP contribution in [0, 0.1) is 12.3 Å². The zero-order valence-electron chi connectivity index (χ0n) is 14.5. The van der Waals surface area contributed by atoms with Crippen LogP contribution in [-0.4, -0.2) is 44.7 Å². The maximum atomic E-state index is 12.8. The van der Waals surface area contributed by atoms with E-state index in [4.69, 9.17) is 28.9 Å². The smallest absolute Gasteiger partial charge is 0.293 e. The van der Waals surface area contributed by atoms with E-state index in [1.54, 1.807) is 30.0 Å². The number of rotatable bonds is 2. The fourth-order valence-electron chi connectivity index (χ4n) is 3.07. The standard InChI is InChI=1S/C17H21Cl2N5O/c1-10-21-15(16(25)23-8-7-13(20)17(2,3)9-23)22-24(10)14-11(18)5-4-6-12(14)19/h4-6,13H,7-9,20H2,1-3H3. The molecule has 0 spiro atoms. The molecule has 0 radical (unpaired) electrons. The van der Waals surface area contributed by atoms with Crippen LogP contribution in [0.15, 0.2) is 18.2 Å². The number of aromatic nitrogens is 3. The van der Waals surface area contributed by atoms with Gasteiger partial charge < -0.3 is 10.6 Å². The third-order valence-corrected chi connectivity index (χ3v) is 5.32. The first kappa shape index (κ1) is 18.2. The molecule has 1 aliphatic rings. The summed E-state index contributed by atoms with van der Waals surface area (Å²) < 4.78 is 1.51. The topological polar surface area (TPSA) is 77.0 Å². The average molecular weight is 382 g/mol. The first-order chi connectivity index (χ1) is 11.7. The molecule has 3 rings (SSSR count). The SMILES string of the molecule is Cc1nc(C(=O)N2CCC(N)C(C)(C)C2)nn1-c1c(Cl)cccc1Cl. The van der Waals surface area contributed by atoms with Gasteiger partial charge in [-0.3, -0.25) is 4.79 Å². The summed E-state index contributed by atoms with van der Waals surface area (Å²) in [6.07, 6.45) is 0.759. The number of nitrogens with zero attached hydrogens (tertiary/aromatic N) is 4. The van der Waals surface area contributed by atoms with E-state index in [1.807, 2.05) is 0 Å². The second kappa shape index (κ2) is 6.59. The van der Waals surface area contributed by atoms with Gasteiger partial charge in [-0.05, 0) is 30.9 Å². The third kappa shape index (κ3) is 3.38. The fraction of sp³-hybridized carbons (Fsp3) is 0.471. The number of benzene rings is 1. The van der Waals surface area contributed by atoms with Gasteiger partial charge in [0.2, 0.25) is 5.82 Å². The lowest BCUT2D eigenvalue weighted by Crippen LogP contribution is -2.54. The molecule has 134 valence electrons. The molecule has 1 aliphatic heterocycles. The molecule has 8 heteroatoms. The van der Waals surface area contributed by atoms with Crippen LogP contribution in [0.4, 0.5) is 0 Å². The Kier molecular flexibility index (Phi) is 4.79. The summed E-state index contributed by atoms with van der Waals surface area (Å²) in [7, 11) is 0. The Hall–Kier alpha value is -1.63. The maximum absolute atomic E-state index is 12.8. The van der Waals surface area contributed by atoms with E-state index in [-0.39, 0.29) is 23.2 Å². The van der Waals surface area contributed by atoms with E-state index in [0.29, 0.717) is 34.6 Å². The van der Waals surface area contributed by atoms with Gasteiger partial charge in [-0.2, -0.15) is 0 Å². The number of amides is 1. The lowest BCUT2D eigenvalue weighted by Gasteiger charge is -2.42. The van der Waals surface area contributed by atoms with Crippen molar-refractivity contribution < 1.29 is 4.79 Å². The van der Waals surface area contributed by atoms with Crippen LogP contribution in [0.3, 0.4) is 0 Å². The summed E-state index contributed by atoms with van der Waals surface area (Å²) in [5.74, 6) is 0.482. The van der Waals surface area contributed by atoms with Gasteiger partial charge in [-0.15, -0.1) is 5.10 Å². The molecule has 1 amide bonds. The average Bonchev–Trinajstić information content (AvgIpc) is 2.91. The number of likely N-dealkylation sites (tertiary alicyclic amines) is 1. The van der Waals surface area contributed by atoms with E-state index in [2.05, 4.69) is 23.9 Å². The lowest BCUT2D eigenvalue weighted by molar-refractivity contribution is 0.0521. The molecule has 1 aromatic heterocycles. The zero-order chi connectivity index (χ0) is 18.4. The Morgan fingerprint density at radius 3 is 2.56 bits per heavy atom. The number of para-hydroxylation sites is 1. The van der Waals surface area contributed by atoms with Crippen molar-refractivity contribution in [1.82, 2.24) is 19.7 Å². The van der Waals surface area contributed by atoms with Gasteiger partial charge in [-0.1, -0.05) is 43.1 Å². The van der Waals surface area contributed by atoms with Crippen molar-refractivity contribution in [3.8, 4) is 5.69 Å². The Morgan fingerprint density at radius 1 is 1.32 bits per heavy atom. The van der Waals surface area contributed by atoms with Gasteiger partial charge in [-0.25, -0.2) is 9.67 Å². The number of piperidine rings is 1. The van der Waals surface area contributed by atoms with E-state index < -0.39 is 0 Å². The highest BCUT2D eigenvalue weighted by Gasteiger charge is 2.36. The molecule has 1 saturated heterocycles. The molecule has 0 saturated carbocycles. The highest BCUT2D eigenvalue weighted by Crippen LogP contribution is 2.30. The molecular weight excluding hydrogens is 361 g/mol. The Bertz CT molecular complexity index is 797. The minimum absolute atomic E-state index is 0.0748. The fourth-order valence-corrected chi connectivity index (χ4v) is 3.63. The van der Waals surface area contributed by atoms with E-state index >= 15 is 0 Å². The molecule has 1 aromatic carbocycles. The molecule has 0 bridgehead atoms. The van der Waals surface area contributed by atoms with E-state index in [0.717, 1.165) is 6.42 Å². The normalized spacial score (nSPS) is 19.9. The second-order valence-electron chi connectivity index (χ2n) is 7.08. The van der Waals surface area contributed by atoms with Gasteiger partial charge in [0.05, 0.1) is 10.0 Å². The second-order valence-corrected chi connectivity index (χ2v) is 7.89. The molecule has 2 heterocycles. The number of aryl methyl sites for hydroxylation is 1. The summed E-state index contributed by atoms with van der Waals surface area (Å²) >= 11 is 12.5. The summed E-state index contributed by atoms with van der Waals surface area (Å²) in [4.78, 5) is 18.9. The van der Waals surface area contributed by atoms with Crippen molar-refractivity contribution in [2.75, 3.05) is 13.1 Å². The summed E-state index contributed by atoms with van der Waals surface area (Å²) in [6, 6.07) is 5.27. The predicted molar refractivity (Wildman–Crippen MR) is 98.4 cm³/mol. The van der Waals surface area contributed by atoms with Gasteiger partial charge in [0, 0.05) is 19.1 Å². The Morgan fingerprint density at radius 2 is 1.96 bits per heavy atom. The van der Waals surface area contributed by atoms with Crippen molar-refractivity contribution in [2.24, 2.45) is 11.1 Å². The summed E-state index contributed by atoms with van der Waals surface area (Å²) in [6.45, 7) is 7.08. The maximum Gasteiger partial charge on any atom is 0.293 e. The quantitative estimate of drug-likeness (QED) is 0.866. The van der Waals surface area contributed by atoms with Gasteiger partial charge in [0.15, 0.2) is 0 Å².